The molecule has 5 N–H and O–H groups in total. The monoisotopic (exact) mass is 166 g/mol. The van der Waals surface area contributed by atoms with Crippen molar-refractivity contribution in [2.24, 2.45) is 0 Å². The molecule has 0 aromatic carbocycles. The third-order valence-corrected chi connectivity index (χ3v) is 1.65. The average Bonchev–Trinajstić information content (AvgIpc) is 2.13. The van der Waals surface area contributed by atoms with Crippen LogP contribution in [-0.2, 0) is 4.74 Å². The van der Waals surface area contributed by atoms with Crippen LogP contribution in [0.15, 0.2) is 0 Å². The summed E-state index contributed by atoms with van der Waals surface area (Å²) >= 11 is 0. The summed E-state index contributed by atoms with van der Waals surface area (Å²) in [5, 5.41) is 43.9. The number of hydrogen-bond donors (Lipinski definition) is 5. The lowest BCUT2D eigenvalue weighted by Gasteiger charge is -2.22. The second-order valence-corrected chi connectivity index (χ2v) is 2.43. The van der Waals surface area contributed by atoms with Crippen LogP contribution in [0.1, 0.15) is 0 Å². The molecule has 1 unspecified atom stereocenters. The van der Waals surface area contributed by atoms with Crippen LogP contribution < -0.4 is 0 Å². The highest BCUT2D eigenvalue weighted by atomic mass is 16.7. The van der Waals surface area contributed by atoms with Gasteiger partial charge in [0.1, 0.15) is 6.10 Å². The number of rotatable bonds is 1. The summed E-state index contributed by atoms with van der Waals surface area (Å²) in [7, 11) is 0. The van der Waals surface area contributed by atoms with Crippen molar-refractivity contribution in [2.45, 2.75) is 24.3 Å². The van der Waals surface area contributed by atoms with Gasteiger partial charge in [-0.15, -0.1) is 0 Å². The van der Waals surface area contributed by atoms with Crippen molar-refractivity contribution in [3.05, 3.63) is 0 Å². The van der Waals surface area contributed by atoms with Gasteiger partial charge in [0, 0.05) is 0 Å². The van der Waals surface area contributed by atoms with Crippen molar-refractivity contribution in [3.8, 4) is 0 Å². The first kappa shape index (κ1) is 8.85. The van der Waals surface area contributed by atoms with Crippen LogP contribution in [0.5, 0.6) is 0 Å². The number of hydrogen-bond acceptors (Lipinski definition) is 6. The van der Waals surface area contributed by atoms with Gasteiger partial charge >= 0.3 is 0 Å². The van der Waals surface area contributed by atoms with E-state index in [9.17, 15) is 0 Å². The fourth-order valence-electron chi connectivity index (χ4n) is 0.921. The van der Waals surface area contributed by atoms with Crippen LogP contribution in [0.3, 0.4) is 0 Å². The van der Waals surface area contributed by atoms with E-state index in [4.69, 9.17) is 25.5 Å². The van der Waals surface area contributed by atoms with Crippen molar-refractivity contribution >= 4 is 0 Å². The van der Waals surface area contributed by atoms with Crippen molar-refractivity contribution in [3.63, 3.8) is 0 Å². The molecule has 0 aromatic rings. The summed E-state index contributed by atoms with van der Waals surface area (Å²) in [6.07, 6.45) is -4.84. The maximum atomic E-state index is 8.95. The Labute approximate surface area is 62.3 Å². The summed E-state index contributed by atoms with van der Waals surface area (Å²) < 4.78 is 4.39. The first-order valence-electron chi connectivity index (χ1n) is 3.07. The maximum absolute atomic E-state index is 8.95. The largest absolute Gasteiger partial charge is 0.393 e. The Bertz CT molecular complexity index is 146. The first-order valence-corrected chi connectivity index (χ1v) is 3.07. The molecule has 1 fully saturated rings. The molecule has 3 atom stereocenters. The lowest BCUT2D eigenvalue weighted by atomic mass is 10.1. The zero-order valence-electron chi connectivity index (χ0n) is 5.58. The minimum Gasteiger partial charge on any atom is -0.393 e. The molecule has 0 aromatic heterocycles. The summed E-state index contributed by atoms with van der Waals surface area (Å²) in [6, 6.07) is 0. The van der Waals surface area contributed by atoms with Gasteiger partial charge in [-0.05, 0) is 0 Å². The minimum absolute atomic E-state index is 0.679. The zero-order chi connectivity index (χ0) is 8.65. The Balaban J connectivity index is 2.74. The lowest BCUT2D eigenvalue weighted by molar-refractivity contribution is -0.235. The number of aliphatic hydroxyl groups excluding tert-OH is 3. The standard InChI is InChI=1S/C5H10O6/c6-1-2-5(9,10)3(7)4(8)11-2/h2-4,6-10H,1H2/t2-,3-,4?/m1/s1. The van der Waals surface area contributed by atoms with Crippen molar-refractivity contribution in [1.82, 2.24) is 0 Å². The second-order valence-electron chi connectivity index (χ2n) is 2.43. The van der Waals surface area contributed by atoms with Crippen molar-refractivity contribution in [1.29, 1.82) is 0 Å². The van der Waals surface area contributed by atoms with Gasteiger partial charge in [0.15, 0.2) is 12.4 Å². The average molecular weight is 166 g/mol. The topological polar surface area (TPSA) is 110 Å². The molecular weight excluding hydrogens is 156 g/mol. The Morgan fingerprint density at radius 1 is 1.27 bits per heavy atom. The van der Waals surface area contributed by atoms with E-state index in [0.717, 1.165) is 0 Å². The molecule has 0 radical (unpaired) electrons. The molecule has 0 amide bonds. The van der Waals surface area contributed by atoms with Gasteiger partial charge in [0.25, 0.3) is 0 Å². The summed E-state index contributed by atoms with van der Waals surface area (Å²) in [4.78, 5) is 0. The summed E-state index contributed by atoms with van der Waals surface area (Å²) in [6.45, 7) is -0.679. The van der Waals surface area contributed by atoms with Gasteiger partial charge in [-0.1, -0.05) is 0 Å². The number of ether oxygens (including phenoxy) is 1. The minimum atomic E-state index is -2.58. The van der Waals surface area contributed by atoms with Crippen LogP contribution in [0.2, 0.25) is 0 Å². The van der Waals surface area contributed by atoms with Gasteiger partial charge in [0.05, 0.1) is 6.61 Å². The number of aliphatic hydroxyl groups is 5. The van der Waals surface area contributed by atoms with E-state index in [2.05, 4.69) is 4.74 Å². The van der Waals surface area contributed by atoms with Crippen molar-refractivity contribution in [2.75, 3.05) is 6.61 Å². The van der Waals surface area contributed by atoms with Crippen LogP contribution in [0.4, 0.5) is 0 Å². The molecule has 6 nitrogen and oxygen atoms in total. The molecule has 0 aliphatic carbocycles. The lowest BCUT2D eigenvalue weighted by Crippen LogP contribution is -2.49. The molecular formula is C5H10O6. The van der Waals surface area contributed by atoms with E-state index >= 15 is 0 Å². The van der Waals surface area contributed by atoms with E-state index in [1.165, 1.54) is 0 Å². The van der Waals surface area contributed by atoms with Gasteiger partial charge in [-0.25, -0.2) is 0 Å². The quantitative estimate of drug-likeness (QED) is 0.261. The van der Waals surface area contributed by atoms with Gasteiger partial charge in [-0.2, -0.15) is 0 Å². The molecule has 11 heavy (non-hydrogen) atoms. The summed E-state index contributed by atoms with van der Waals surface area (Å²) in [5.74, 6) is -2.58. The van der Waals surface area contributed by atoms with Gasteiger partial charge < -0.3 is 30.3 Å². The molecule has 6 heteroatoms. The Morgan fingerprint density at radius 2 is 1.82 bits per heavy atom. The van der Waals surface area contributed by atoms with E-state index in [1.54, 1.807) is 0 Å². The highest BCUT2D eigenvalue weighted by molar-refractivity contribution is 4.91. The highest BCUT2D eigenvalue weighted by Crippen LogP contribution is 2.27. The summed E-state index contributed by atoms with van der Waals surface area (Å²) in [5.41, 5.74) is 0. The second kappa shape index (κ2) is 2.67. The Morgan fingerprint density at radius 3 is 2.00 bits per heavy atom. The molecule has 1 aliphatic rings. The molecule has 0 bridgehead atoms. The highest BCUT2D eigenvalue weighted by Gasteiger charge is 2.53. The van der Waals surface area contributed by atoms with Crippen LogP contribution in [0.25, 0.3) is 0 Å². The predicted octanol–water partition coefficient (Wildman–Crippen LogP) is -3.26. The molecule has 66 valence electrons. The third-order valence-electron chi connectivity index (χ3n) is 1.65. The van der Waals surface area contributed by atoms with Crippen molar-refractivity contribution < 1.29 is 30.3 Å². The maximum Gasteiger partial charge on any atom is 0.224 e. The Kier molecular flexibility index (Phi) is 2.15. The van der Waals surface area contributed by atoms with Gasteiger partial charge in [-0.3, -0.25) is 0 Å². The van der Waals surface area contributed by atoms with E-state index < -0.39 is 30.9 Å². The fraction of sp³-hybridized carbons (Fsp3) is 1.00. The molecule has 0 saturated carbocycles. The van der Waals surface area contributed by atoms with Crippen LogP contribution >= 0.6 is 0 Å². The SMILES string of the molecule is OC[C@H]1OC(O)[C@@H](O)C1(O)O. The smallest absolute Gasteiger partial charge is 0.224 e. The zero-order valence-corrected chi connectivity index (χ0v) is 5.58. The first-order chi connectivity index (χ1) is 5.00. The molecule has 1 heterocycles. The fourth-order valence-corrected chi connectivity index (χ4v) is 0.921. The van der Waals surface area contributed by atoms with E-state index in [0.29, 0.717) is 0 Å². The third kappa shape index (κ3) is 1.24. The molecule has 0 spiro atoms. The van der Waals surface area contributed by atoms with Crippen LogP contribution in [0, 0.1) is 0 Å². The molecule has 1 saturated heterocycles. The predicted molar refractivity (Wildman–Crippen MR) is 31.1 cm³/mol. The van der Waals surface area contributed by atoms with E-state index in [-0.39, 0.29) is 0 Å². The molecule has 1 aliphatic heterocycles. The van der Waals surface area contributed by atoms with Gasteiger partial charge in [0.2, 0.25) is 5.79 Å². The normalized spacial score (nSPS) is 42.8. The van der Waals surface area contributed by atoms with Crippen LogP contribution in [-0.4, -0.2) is 56.4 Å². The molecule has 1 rings (SSSR count). The Hall–Kier alpha value is -0.240. The van der Waals surface area contributed by atoms with E-state index in [1.807, 2.05) is 0 Å².